The lowest BCUT2D eigenvalue weighted by Crippen LogP contribution is -1.98. The summed E-state index contributed by atoms with van der Waals surface area (Å²) in [7, 11) is 0. The molecule has 2 aromatic carbocycles. The highest BCUT2D eigenvalue weighted by atomic mass is 35.5. The number of hydrogen-bond acceptors (Lipinski definition) is 4. The van der Waals surface area contributed by atoms with Crippen molar-refractivity contribution in [2.24, 2.45) is 0 Å². The summed E-state index contributed by atoms with van der Waals surface area (Å²) < 4.78 is 0. The van der Waals surface area contributed by atoms with Crippen LogP contribution in [-0.2, 0) is 0 Å². The van der Waals surface area contributed by atoms with Crippen LogP contribution >= 0.6 is 12.4 Å². The molecule has 0 atom stereocenters. The summed E-state index contributed by atoms with van der Waals surface area (Å²) in [5.74, 6) is 0.748. The molecular formula is C17H17ClN4. The van der Waals surface area contributed by atoms with Gasteiger partial charge >= 0.3 is 0 Å². The van der Waals surface area contributed by atoms with Crippen LogP contribution in [0.2, 0.25) is 0 Å². The molecule has 0 spiro atoms. The summed E-state index contributed by atoms with van der Waals surface area (Å²) in [5, 5.41) is 3.29. The summed E-state index contributed by atoms with van der Waals surface area (Å²) in [5.41, 5.74) is 10.6. The second kappa shape index (κ2) is 6.91. The number of nitrogen functional groups attached to an aromatic ring is 1. The van der Waals surface area contributed by atoms with E-state index in [0.29, 0.717) is 0 Å². The summed E-state index contributed by atoms with van der Waals surface area (Å²) in [4.78, 5) is 8.58. The summed E-state index contributed by atoms with van der Waals surface area (Å²) in [6.07, 6.45) is 1.56. The number of benzene rings is 2. The van der Waals surface area contributed by atoms with Gasteiger partial charge in [0.1, 0.15) is 12.1 Å². The first-order valence-electron chi connectivity index (χ1n) is 6.73. The molecule has 5 heteroatoms. The first kappa shape index (κ1) is 15.8. The van der Waals surface area contributed by atoms with Crippen molar-refractivity contribution in [1.82, 2.24) is 9.97 Å². The Morgan fingerprint density at radius 3 is 2.50 bits per heavy atom. The van der Waals surface area contributed by atoms with E-state index in [1.807, 2.05) is 61.5 Å². The maximum Gasteiger partial charge on any atom is 0.134 e. The maximum absolute atomic E-state index is 5.83. The van der Waals surface area contributed by atoms with Gasteiger partial charge in [0.05, 0.1) is 5.69 Å². The Labute approximate surface area is 135 Å². The Morgan fingerprint density at radius 1 is 0.955 bits per heavy atom. The molecule has 0 fully saturated rings. The van der Waals surface area contributed by atoms with Crippen molar-refractivity contribution < 1.29 is 0 Å². The first-order chi connectivity index (χ1) is 10.2. The molecule has 0 aliphatic rings. The lowest BCUT2D eigenvalue weighted by Gasteiger charge is -2.10. The third-order valence-electron chi connectivity index (χ3n) is 3.26. The number of halogens is 1. The molecule has 112 valence electrons. The van der Waals surface area contributed by atoms with Crippen LogP contribution in [0.4, 0.5) is 17.2 Å². The zero-order valence-electron chi connectivity index (χ0n) is 12.2. The van der Waals surface area contributed by atoms with Gasteiger partial charge < -0.3 is 11.1 Å². The molecule has 4 nitrogen and oxygen atoms in total. The van der Waals surface area contributed by atoms with Crippen molar-refractivity contribution >= 4 is 29.6 Å². The van der Waals surface area contributed by atoms with Crippen LogP contribution in [-0.4, -0.2) is 9.97 Å². The number of nitrogens with two attached hydrogens (primary N) is 1. The van der Waals surface area contributed by atoms with E-state index in [1.54, 1.807) is 6.33 Å². The van der Waals surface area contributed by atoms with E-state index in [1.165, 1.54) is 0 Å². The quantitative estimate of drug-likeness (QED) is 0.711. The van der Waals surface area contributed by atoms with Crippen molar-refractivity contribution in [1.29, 1.82) is 0 Å². The van der Waals surface area contributed by atoms with Gasteiger partial charge in [-0.1, -0.05) is 36.4 Å². The second-order valence-corrected chi connectivity index (χ2v) is 4.85. The van der Waals surface area contributed by atoms with Crippen LogP contribution in [0.5, 0.6) is 0 Å². The smallest absolute Gasteiger partial charge is 0.134 e. The Balaban J connectivity index is 0.00000176. The average molecular weight is 313 g/mol. The van der Waals surface area contributed by atoms with Crippen molar-refractivity contribution in [2.45, 2.75) is 6.92 Å². The van der Waals surface area contributed by atoms with Crippen molar-refractivity contribution in [3.63, 3.8) is 0 Å². The SMILES string of the molecule is Cc1ccc(N)cc1Nc1cc(-c2ccccc2)ncn1.Cl. The topological polar surface area (TPSA) is 63.8 Å². The Morgan fingerprint density at radius 2 is 1.73 bits per heavy atom. The van der Waals surface area contributed by atoms with Crippen LogP contribution in [0.3, 0.4) is 0 Å². The van der Waals surface area contributed by atoms with Gasteiger partial charge in [0, 0.05) is 23.0 Å². The van der Waals surface area contributed by atoms with Crippen LogP contribution in [0, 0.1) is 6.92 Å². The largest absolute Gasteiger partial charge is 0.399 e. The van der Waals surface area contributed by atoms with Gasteiger partial charge in [0.2, 0.25) is 0 Å². The first-order valence-corrected chi connectivity index (χ1v) is 6.73. The predicted octanol–water partition coefficient (Wildman–Crippen LogP) is 4.20. The minimum absolute atomic E-state index is 0. The van der Waals surface area contributed by atoms with E-state index in [4.69, 9.17) is 5.73 Å². The molecule has 3 N–H and O–H groups in total. The molecule has 3 rings (SSSR count). The Hall–Kier alpha value is -2.59. The third-order valence-corrected chi connectivity index (χ3v) is 3.26. The molecule has 0 unspecified atom stereocenters. The third kappa shape index (κ3) is 3.54. The minimum atomic E-state index is 0. The van der Waals surface area contributed by atoms with E-state index in [9.17, 15) is 0 Å². The number of rotatable bonds is 3. The van der Waals surface area contributed by atoms with Crippen LogP contribution in [0.25, 0.3) is 11.3 Å². The van der Waals surface area contributed by atoms with Gasteiger partial charge in [-0.15, -0.1) is 12.4 Å². The number of nitrogens with one attached hydrogen (secondary N) is 1. The monoisotopic (exact) mass is 312 g/mol. The van der Waals surface area contributed by atoms with E-state index in [2.05, 4.69) is 15.3 Å². The molecule has 22 heavy (non-hydrogen) atoms. The van der Waals surface area contributed by atoms with Crippen molar-refractivity contribution in [2.75, 3.05) is 11.1 Å². The summed E-state index contributed by atoms with van der Waals surface area (Å²) in [6.45, 7) is 2.03. The van der Waals surface area contributed by atoms with E-state index in [0.717, 1.165) is 34.0 Å². The fourth-order valence-electron chi connectivity index (χ4n) is 2.10. The second-order valence-electron chi connectivity index (χ2n) is 4.85. The average Bonchev–Trinajstić information content (AvgIpc) is 2.52. The number of nitrogens with zero attached hydrogens (tertiary/aromatic N) is 2. The van der Waals surface area contributed by atoms with E-state index >= 15 is 0 Å². The minimum Gasteiger partial charge on any atom is -0.399 e. The van der Waals surface area contributed by atoms with Gasteiger partial charge in [-0.25, -0.2) is 9.97 Å². The van der Waals surface area contributed by atoms with Crippen molar-refractivity contribution in [3.8, 4) is 11.3 Å². The fraction of sp³-hybridized carbons (Fsp3) is 0.0588. The lowest BCUT2D eigenvalue weighted by atomic mass is 10.1. The fourth-order valence-corrected chi connectivity index (χ4v) is 2.10. The van der Waals surface area contributed by atoms with E-state index < -0.39 is 0 Å². The van der Waals surface area contributed by atoms with Crippen LogP contribution in [0.1, 0.15) is 5.56 Å². The zero-order valence-corrected chi connectivity index (χ0v) is 13.0. The number of aromatic nitrogens is 2. The number of anilines is 3. The predicted molar refractivity (Wildman–Crippen MR) is 93.6 cm³/mol. The molecule has 1 aromatic heterocycles. The molecule has 0 bridgehead atoms. The molecule has 0 radical (unpaired) electrons. The van der Waals surface area contributed by atoms with Crippen molar-refractivity contribution in [3.05, 3.63) is 66.5 Å². The van der Waals surface area contributed by atoms with Crippen LogP contribution < -0.4 is 11.1 Å². The van der Waals surface area contributed by atoms with Gasteiger partial charge in [0.15, 0.2) is 0 Å². The molecule has 1 heterocycles. The lowest BCUT2D eigenvalue weighted by molar-refractivity contribution is 1.17. The summed E-state index contributed by atoms with van der Waals surface area (Å²) >= 11 is 0. The number of aryl methyl sites for hydroxylation is 1. The molecule has 0 saturated heterocycles. The van der Waals surface area contributed by atoms with E-state index in [-0.39, 0.29) is 12.4 Å². The Kier molecular flexibility index (Phi) is 4.96. The molecule has 3 aromatic rings. The summed E-state index contributed by atoms with van der Waals surface area (Å²) in [6, 6.07) is 17.7. The maximum atomic E-state index is 5.83. The molecular weight excluding hydrogens is 296 g/mol. The molecule has 0 aliphatic heterocycles. The number of hydrogen-bond donors (Lipinski definition) is 2. The standard InChI is InChI=1S/C17H16N4.ClH/c1-12-7-8-14(18)9-15(12)21-17-10-16(19-11-20-17)13-5-3-2-4-6-13;/h2-11H,18H2,1H3,(H,19,20,21);1H. The molecule has 0 saturated carbocycles. The van der Waals surface area contributed by atoms with Crippen LogP contribution in [0.15, 0.2) is 60.9 Å². The molecule has 0 amide bonds. The zero-order chi connectivity index (χ0) is 14.7. The molecule has 0 aliphatic carbocycles. The highest BCUT2D eigenvalue weighted by molar-refractivity contribution is 5.85. The Bertz CT molecular complexity index is 760. The van der Waals surface area contributed by atoms with Gasteiger partial charge in [-0.2, -0.15) is 0 Å². The van der Waals surface area contributed by atoms with Gasteiger partial charge in [-0.05, 0) is 24.6 Å². The highest BCUT2D eigenvalue weighted by Gasteiger charge is 2.04. The van der Waals surface area contributed by atoms with Gasteiger partial charge in [-0.3, -0.25) is 0 Å². The van der Waals surface area contributed by atoms with Gasteiger partial charge in [0.25, 0.3) is 0 Å². The highest BCUT2D eigenvalue weighted by Crippen LogP contribution is 2.24. The normalized spacial score (nSPS) is 9.86.